The second kappa shape index (κ2) is 8.83. The molecule has 156 valence electrons. The molecule has 0 aliphatic heterocycles. The molecule has 0 fully saturated rings. The molecule has 0 saturated carbocycles. The lowest BCUT2D eigenvalue weighted by atomic mass is 10.2. The molecule has 0 saturated heterocycles. The lowest BCUT2D eigenvalue weighted by molar-refractivity contribution is 0.101. The number of methoxy groups -OCH3 is 3. The van der Waals surface area contributed by atoms with Gasteiger partial charge in [-0.25, -0.2) is 4.39 Å². The third-order valence-electron chi connectivity index (χ3n) is 4.11. The van der Waals surface area contributed by atoms with E-state index in [1.165, 1.54) is 38.1 Å². The van der Waals surface area contributed by atoms with Crippen LogP contribution < -0.4 is 25.0 Å². The topological polar surface area (TPSA) is 91.7 Å². The molecule has 1 N–H and O–H groups in total. The van der Waals surface area contributed by atoms with Crippen LogP contribution in [0.15, 0.2) is 47.3 Å². The molecule has 10 heteroatoms. The summed E-state index contributed by atoms with van der Waals surface area (Å²) in [5.41, 5.74) is -0.384. The minimum Gasteiger partial charge on any atom is -0.493 e. The first-order valence-electron chi connectivity index (χ1n) is 8.55. The molecule has 1 amide bonds. The summed E-state index contributed by atoms with van der Waals surface area (Å²) in [4.78, 5) is 25.0. The van der Waals surface area contributed by atoms with Crippen LogP contribution in [0.4, 0.5) is 10.1 Å². The maximum atomic E-state index is 13.3. The van der Waals surface area contributed by atoms with Gasteiger partial charge in [-0.2, -0.15) is 9.78 Å². The molecule has 3 rings (SSSR count). The number of ether oxygens (including phenoxy) is 3. The summed E-state index contributed by atoms with van der Waals surface area (Å²) in [5.74, 6) is -0.405. The summed E-state index contributed by atoms with van der Waals surface area (Å²) in [6.45, 7) is 0. The fraction of sp³-hybridized carbons (Fsp3) is 0.150. The van der Waals surface area contributed by atoms with Gasteiger partial charge in [-0.1, -0.05) is 11.6 Å². The smallest absolute Gasteiger partial charge is 0.280 e. The Kier molecular flexibility index (Phi) is 6.22. The van der Waals surface area contributed by atoms with Crippen molar-refractivity contribution in [3.8, 4) is 23.1 Å². The average molecular weight is 434 g/mol. The molecule has 30 heavy (non-hydrogen) atoms. The Hall–Kier alpha value is -3.59. The van der Waals surface area contributed by atoms with Crippen molar-refractivity contribution in [1.29, 1.82) is 0 Å². The van der Waals surface area contributed by atoms with E-state index in [-0.39, 0.29) is 16.6 Å². The van der Waals surface area contributed by atoms with Crippen LogP contribution in [0, 0.1) is 5.82 Å². The van der Waals surface area contributed by atoms with E-state index >= 15 is 0 Å². The van der Waals surface area contributed by atoms with Crippen LogP contribution in [0.3, 0.4) is 0 Å². The minimum atomic E-state index is -0.792. The van der Waals surface area contributed by atoms with Crippen molar-refractivity contribution < 1.29 is 23.4 Å². The van der Waals surface area contributed by atoms with E-state index in [4.69, 9.17) is 25.8 Å². The van der Waals surface area contributed by atoms with Crippen molar-refractivity contribution in [2.75, 3.05) is 26.6 Å². The van der Waals surface area contributed by atoms with Gasteiger partial charge in [0.25, 0.3) is 5.91 Å². The summed E-state index contributed by atoms with van der Waals surface area (Å²) in [6, 6.07) is 9.69. The lowest BCUT2D eigenvalue weighted by Crippen LogP contribution is -2.26. The zero-order valence-corrected chi connectivity index (χ0v) is 17.0. The predicted molar refractivity (Wildman–Crippen MR) is 109 cm³/mol. The zero-order chi connectivity index (χ0) is 21.8. The van der Waals surface area contributed by atoms with Gasteiger partial charge in [0.15, 0.2) is 17.2 Å². The molecule has 2 aromatic carbocycles. The van der Waals surface area contributed by atoms with Gasteiger partial charge in [0.2, 0.25) is 11.3 Å². The number of carbonyl (C=O) groups excluding carboxylic acids is 1. The van der Waals surface area contributed by atoms with E-state index in [1.54, 1.807) is 18.2 Å². The Morgan fingerprint density at radius 2 is 1.77 bits per heavy atom. The molecular formula is C20H17ClFN3O5. The number of amides is 1. The van der Waals surface area contributed by atoms with E-state index in [0.717, 1.165) is 12.1 Å². The number of hydrogen-bond donors (Lipinski definition) is 1. The quantitative estimate of drug-likeness (QED) is 0.641. The van der Waals surface area contributed by atoms with Gasteiger partial charge in [-0.3, -0.25) is 9.59 Å². The molecule has 0 bridgehead atoms. The second-order valence-electron chi connectivity index (χ2n) is 5.93. The van der Waals surface area contributed by atoms with Crippen molar-refractivity contribution >= 4 is 23.2 Å². The van der Waals surface area contributed by atoms with Gasteiger partial charge >= 0.3 is 0 Å². The fourth-order valence-electron chi connectivity index (χ4n) is 2.65. The molecule has 0 aliphatic carbocycles. The molecule has 0 atom stereocenters. The largest absolute Gasteiger partial charge is 0.493 e. The number of benzene rings is 2. The highest BCUT2D eigenvalue weighted by Gasteiger charge is 2.19. The van der Waals surface area contributed by atoms with Gasteiger partial charge < -0.3 is 19.5 Å². The maximum absolute atomic E-state index is 13.3. The van der Waals surface area contributed by atoms with Crippen LogP contribution in [0.5, 0.6) is 17.4 Å². The zero-order valence-electron chi connectivity index (χ0n) is 16.2. The van der Waals surface area contributed by atoms with Gasteiger partial charge in [0.1, 0.15) is 5.82 Å². The van der Waals surface area contributed by atoms with Crippen LogP contribution in [0.2, 0.25) is 5.02 Å². The van der Waals surface area contributed by atoms with E-state index in [0.29, 0.717) is 17.2 Å². The van der Waals surface area contributed by atoms with Crippen molar-refractivity contribution in [3.05, 3.63) is 69.2 Å². The average Bonchev–Trinajstić information content (AvgIpc) is 2.75. The minimum absolute atomic E-state index is 0.105. The van der Waals surface area contributed by atoms with Crippen molar-refractivity contribution in [2.45, 2.75) is 0 Å². The Bertz CT molecular complexity index is 1170. The number of aromatic nitrogens is 2. The highest BCUT2D eigenvalue weighted by Crippen LogP contribution is 2.30. The van der Waals surface area contributed by atoms with Gasteiger partial charge in [0, 0.05) is 11.8 Å². The van der Waals surface area contributed by atoms with Crippen molar-refractivity contribution in [1.82, 2.24) is 9.78 Å². The van der Waals surface area contributed by atoms with Gasteiger partial charge in [-0.05, 0) is 30.3 Å². The van der Waals surface area contributed by atoms with Crippen LogP contribution in [0.1, 0.15) is 10.5 Å². The number of rotatable bonds is 6. The van der Waals surface area contributed by atoms with Crippen molar-refractivity contribution in [3.63, 3.8) is 0 Å². The fourth-order valence-corrected chi connectivity index (χ4v) is 2.83. The number of hydrogen-bond acceptors (Lipinski definition) is 6. The Morgan fingerprint density at radius 3 is 2.40 bits per heavy atom. The van der Waals surface area contributed by atoms with Crippen LogP contribution >= 0.6 is 11.6 Å². The van der Waals surface area contributed by atoms with Crippen LogP contribution in [-0.4, -0.2) is 37.0 Å². The van der Waals surface area contributed by atoms with E-state index < -0.39 is 22.8 Å². The highest BCUT2D eigenvalue weighted by molar-refractivity contribution is 6.31. The number of anilines is 1. The SMILES string of the molecule is COc1ccc(-n2nc(C(=O)Nc3ccc(F)c(Cl)c3)c(=O)cc2OC)cc1OC. The molecule has 3 aromatic rings. The molecule has 0 spiro atoms. The Morgan fingerprint density at radius 1 is 1.03 bits per heavy atom. The number of carbonyl (C=O) groups is 1. The lowest BCUT2D eigenvalue weighted by Gasteiger charge is -2.14. The summed E-state index contributed by atoms with van der Waals surface area (Å²) in [5, 5.41) is 6.45. The summed E-state index contributed by atoms with van der Waals surface area (Å²) in [7, 11) is 4.35. The molecule has 1 heterocycles. The number of halogens is 2. The predicted octanol–water partition coefficient (Wildman–Crippen LogP) is 3.30. The van der Waals surface area contributed by atoms with Gasteiger partial charge in [0.05, 0.1) is 38.1 Å². The first kappa shape index (κ1) is 21.1. The van der Waals surface area contributed by atoms with Crippen molar-refractivity contribution in [2.24, 2.45) is 0 Å². The van der Waals surface area contributed by atoms with Crippen LogP contribution in [-0.2, 0) is 0 Å². The Labute approximate surface area is 175 Å². The second-order valence-corrected chi connectivity index (χ2v) is 6.34. The molecule has 8 nitrogen and oxygen atoms in total. The monoisotopic (exact) mass is 433 g/mol. The molecule has 1 aromatic heterocycles. The molecular weight excluding hydrogens is 417 g/mol. The summed E-state index contributed by atoms with van der Waals surface area (Å²) in [6.07, 6.45) is 0. The number of nitrogens with one attached hydrogen (secondary N) is 1. The first-order chi connectivity index (χ1) is 14.4. The van der Waals surface area contributed by atoms with Gasteiger partial charge in [-0.15, -0.1) is 0 Å². The van der Waals surface area contributed by atoms with Crippen LogP contribution in [0.25, 0.3) is 5.69 Å². The molecule has 0 unspecified atom stereocenters. The highest BCUT2D eigenvalue weighted by atomic mass is 35.5. The summed E-state index contributed by atoms with van der Waals surface area (Å²) >= 11 is 5.73. The van der Waals surface area contributed by atoms with E-state index in [2.05, 4.69) is 10.4 Å². The third-order valence-corrected chi connectivity index (χ3v) is 4.40. The Balaban J connectivity index is 2.04. The number of nitrogens with zero attached hydrogens (tertiary/aromatic N) is 2. The first-order valence-corrected chi connectivity index (χ1v) is 8.93. The van der Waals surface area contributed by atoms with E-state index in [9.17, 15) is 14.0 Å². The van der Waals surface area contributed by atoms with E-state index in [1.807, 2.05) is 0 Å². The normalized spacial score (nSPS) is 10.4. The maximum Gasteiger partial charge on any atom is 0.280 e. The molecule has 0 aliphatic rings. The molecule has 0 radical (unpaired) electrons. The third kappa shape index (κ3) is 4.20. The summed E-state index contributed by atoms with van der Waals surface area (Å²) < 4.78 is 30.3. The standard InChI is InChI=1S/C20H17ClFN3O5/c1-28-16-7-5-12(9-17(16)29-2)25-18(30-3)10-15(26)19(24-25)20(27)23-11-4-6-14(22)13(21)8-11/h4-10H,1-3H3,(H,23,27).